The molecule has 2 rings (SSSR count). The smallest absolute Gasteiger partial charge is 0.335 e. The summed E-state index contributed by atoms with van der Waals surface area (Å²) in [4.78, 5) is 23.0. The zero-order valence-electron chi connectivity index (χ0n) is 12.0. The molecule has 0 saturated heterocycles. The highest BCUT2D eigenvalue weighted by atomic mass is 16.4. The van der Waals surface area contributed by atoms with Crippen LogP contribution in [0.15, 0.2) is 48.5 Å². The summed E-state index contributed by atoms with van der Waals surface area (Å²) >= 11 is 0. The zero-order valence-corrected chi connectivity index (χ0v) is 12.0. The number of allylic oxidation sites excluding steroid dienone is 1. The lowest BCUT2D eigenvalue weighted by atomic mass is 10.0. The van der Waals surface area contributed by atoms with Crippen LogP contribution in [-0.2, 0) is 0 Å². The predicted octanol–water partition coefficient (Wildman–Crippen LogP) is 3.90. The molecule has 0 aliphatic carbocycles. The van der Waals surface area contributed by atoms with E-state index in [0.717, 1.165) is 11.1 Å². The second-order valence-electron chi connectivity index (χ2n) is 4.93. The number of hydrogen-bond acceptors (Lipinski definition) is 2. The number of carboxylic acids is 1. The standard InChI is InChI=1S/C18H16O3/c1-12-6-7-14(10-13(12)2)8-9-17(19)15-4-3-5-16(11-15)18(20)21/h3-11H,1-2H3,(H,20,21)/b9-8+. The van der Waals surface area contributed by atoms with Crippen LogP contribution in [0.4, 0.5) is 0 Å². The summed E-state index contributed by atoms with van der Waals surface area (Å²) in [6, 6.07) is 12.0. The van der Waals surface area contributed by atoms with Crippen LogP contribution >= 0.6 is 0 Å². The van der Waals surface area contributed by atoms with Crippen molar-refractivity contribution < 1.29 is 14.7 Å². The van der Waals surface area contributed by atoms with Gasteiger partial charge in [0.2, 0.25) is 0 Å². The Labute approximate surface area is 123 Å². The van der Waals surface area contributed by atoms with Crippen LogP contribution < -0.4 is 0 Å². The van der Waals surface area contributed by atoms with E-state index >= 15 is 0 Å². The van der Waals surface area contributed by atoms with E-state index < -0.39 is 5.97 Å². The first-order valence-electron chi connectivity index (χ1n) is 6.60. The van der Waals surface area contributed by atoms with Crippen LogP contribution in [-0.4, -0.2) is 16.9 Å². The largest absolute Gasteiger partial charge is 0.478 e. The first kappa shape index (κ1) is 14.7. The number of carbonyl (C=O) groups is 2. The Hall–Kier alpha value is -2.68. The van der Waals surface area contributed by atoms with Gasteiger partial charge in [0, 0.05) is 5.56 Å². The predicted molar refractivity (Wildman–Crippen MR) is 82.7 cm³/mol. The summed E-state index contributed by atoms with van der Waals surface area (Å²) in [5.41, 5.74) is 3.79. The summed E-state index contributed by atoms with van der Waals surface area (Å²) < 4.78 is 0. The third-order valence-electron chi connectivity index (χ3n) is 3.35. The van der Waals surface area contributed by atoms with Gasteiger partial charge in [-0.1, -0.05) is 36.4 Å². The molecule has 0 fully saturated rings. The first-order chi connectivity index (χ1) is 9.97. The topological polar surface area (TPSA) is 54.4 Å². The number of hydrogen-bond donors (Lipinski definition) is 1. The number of rotatable bonds is 4. The summed E-state index contributed by atoms with van der Waals surface area (Å²) in [6.45, 7) is 4.05. The van der Waals surface area contributed by atoms with Gasteiger partial charge in [-0.05, 0) is 48.7 Å². The Morgan fingerprint density at radius 3 is 2.33 bits per heavy atom. The van der Waals surface area contributed by atoms with Crippen molar-refractivity contribution in [1.82, 2.24) is 0 Å². The highest BCUT2D eigenvalue weighted by Gasteiger charge is 2.07. The normalized spacial score (nSPS) is 10.8. The van der Waals surface area contributed by atoms with Gasteiger partial charge in [0.05, 0.1) is 5.56 Å². The van der Waals surface area contributed by atoms with Gasteiger partial charge in [0.1, 0.15) is 0 Å². The molecule has 0 atom stereocenters. The van der Waals surface area contributed by atoms with E-state index in [0.29, 0.717) is 5.56 Å². The summed E-state index contributed by atoms with van der Waals surface area (Å²) in [5.74, 6) is -1.25. The summed E-state index contributed by atoms with van der Waals surface area (Å²) in [7, 11) is 0. The molecular formula is C18H16O3. The van der Waals surface area contributed by atoms with Gasteiger partial charge in [0.25, 0.3) is 0 Å². The van der Waals surface area contributed by atoms with E-state index in [4.69, 9.17) is 5.11 Å². The fourth-order valence-electron chi connectivity index (χ4n) is 1.94. The molecule has 21 heavy (non-hydrogen) atoms. The highest BCUT2D eigenvalue weighted by molar-refractivity contribution is 6.07. The molecule has 0 unspecified atom stereocenters. The van der Waals surface area contributed by atoms with Gasteiger partial charge in [-0.15, -0.1) is 0 Å². The molecule has 0 amide bonds. The molecule has 0 saturated carbocycles. The number of carboxylic acid groups (broad SMARTS) is 1. The summed E-state index contributed by atoms with van der Waals surface area (Å²) in [6.07, 6.45) is 3.20. The first-order valence-corrected chi connectivity index (χ1v) is 6.60. The third kappa shape index (κ3) is 3.66. The monoisotopic (exact) mass is 280 g/mol. The van der Waals surface area contributed by atoms with Gasteiger partial charge >= 0.3 is 5.97 Å². The van der Waals surface area contributed by atoms with E-state index in [1.54, 1.807) is 18.2 Å². The average molecular weight is 280 g/mol. The number of aromatic carboxylic acids is 1. The van der Waals surface area contributed by atoms with Gasteiger partial charge in [0.15, 0.2) is 5.78 Å². The van der Waals surface area contributed by atoms with Crippen LogP contribution in [0.25, 0.3) is 6.08 Å². The Morgan fingerprint density at radius 2 is 1.67 bits per heavy atom. The minimum atomic E-state index is -1.04. The van der Waals surface area contributed by atoms with Gasteiger partial charge in [-0.25, -0.2) is 4.79 Å². The Morgan fingerprint density at radius 1 is 0.952 bits per heavy atom. The number of carbonyl (C=O) groups excluding carboxylic acids is 1. The van der Waals surface area contributed by atoms with Crippen molar-refractivity contribution in [2.75, 3.05) is 0 Å². The Bertz CT molecular complexity index is 727. The molecule has 0 heterocycles. The second-order valence-corrected chi connectivity index (χ2v) is 4.93. The Balaban J connectivity index is 2.20. The molecule has 0 aromatic heterocycles. The van der Waals surface area contributed by atoms with Crippen molar-refractivity contribution in [2.45, 2.75) is 13.8 Å². The van der Waals surface area contributed by atoms with E-state index in [9.17, 15) is 9.59 Å². The third-order valence-corrected chi connectivity index (χ3v) is 3.35. The summed E-state index contributed by atoms with van der Waals surface area (Å²) in [5, 5.41) is 8.93. The van der Waals surface area contributed by atoms with Crippen LogP contribution in [0.3, 0.4) is 0 Å². The van der Waals surface area contributed by atoms with E-state index in [1.807, 2.05) is 32.0 Å². The molecule has 2 aromatic carbocycles. The molecule has 0 aliphatic rings. The maximum Gasteiger partial charge on any atom is 0.335 e. The molecular weight excluding hydrogens is 264 g/mol. The molecule has 0 bridgehead atoms. The second kappa shape index (κ2) is 6.18. The van der Waals surface area contributed by atoms with Crippen molar-refractivity contribution in [3.05, 3.63) is 76.4 Å². The van der Waals surface area contributed by atoms with Crippen molar-refractivity contribution in [3.8, 4) is 0 Å². The number of ketones is 1. The Kier molecular flexibility index (Phi) is 4.33. The molecule has 3 nitrogen and oxygen atoms in total. The fraction of sp³-hybridized carbons (Fsp3) is 0.111. The molecule has 1 N–H and O–H groups in total. The maximum absolute atomic E-state index is 12.1. The van der Waals surface area contributed by atoms with E-state index in [-0.39, 0.29) is 11.3 Å². The van der Waals surface area contributed by atoms with Crippen molar-refractivity contribution in [3.63, 3.8) is 0 Å². The lowest BCUT2D eigenvalue weighted by Crippen LogP contribution is -2.00. The number of benzene rings is 2. The molecule has 0 radical (unpaired) electrons. The minimum absolute atomic E-state index is 0.112. The van der Waals surface area contributed by atoms with Crippen LogP contribution in [0.2, 0.25) is 0 Å². The van der Waals surface area contributed by atoms with Crippen molar-refractivity contribution >= 4 is 17.8 Å². The molecule has 2 aromatic rings. The van der Waals surface area contributed by atoms with E-state index in [2.05, 4.69) is 0 Å². The van der Waals surface area contributed by atoms with Crippen molar-refractivity contribution in [2.24, 2.45) is 0 Å². The van der Waals surface area contributed by atoms with Crippen LogP contribution in [0.5, 0.6) is 0 Å². The minimum Gasteiger partial charge on any atom is -0.478 e. The van der Waals surface area contributed by atoms with Crippen molar-refractivity contribution in [1.29, 1.82) is 0 Å². The molecule has 0 aliphatic heterocycles. The number of aryl methyl sites for hydroxylation is 2. The molecule has 0 spiro atoms. The quantitative estimate of drug-likeness (QED) is 0.682. The molecule has 3 heteroatoms. The fourth-order valence-corrected chi connectivity index (χ4v) is 1.94. The lowest BCUT2D eigenvalue weighted by molar-refractivity contribution is 0.0697. The average Bonchev–Trinajstić information content (AvgIpc) is 2.48. The van der Waals surface area contributed by atoms with Gasteiger partial charge in [-0.2, -0.15) is 0 Å². The SMILES string of the molecule is Cc1ccc(/C=C/C(=O)c2cccc(C(=O)O)c2)cc1C. The maximum atomic E-state index is 12.1. The lowest BCUT2D eigenvalue weighted by Gasteiger charge is -2.01. The van der Waals surface area contributed by atoms with Gasteiger partial charge in [-0.3, -0.25) is 4.79 Å². The van der Waals surface area contributed by atoms with Crippen LogP contribution in [0, 0.1) is 13.8 Å². The highest BCUT2D eigenvalue weighted by Crippen LogP contribution is 2.12. The molecule has 106 valence electrons. The van der Waals surface area contributed by atoms with E-state index in [1.165, 1.54) is 23.8 Å². The zero-order chi connectivity index (χ0) is 15.4. The van der Waals surface area contributed by atoms with Crippen LogP contribution in [0.1, 0.15) is 37.4 Å². The van der Waals surface area contributed by atoms with Gasteiger partial charge < -0.3 is 5.11 Å².